The third-order valence-corrected chi connectivity index (χ3v) is 2.23. The molecule has 3 heteroatoms. The second-order valence-electron chi connectivity index (χ2n) is 2.59. The van der Waals surface area contributed by atoms with Gasteiger partial charge in [-0.15, -0.1) is 11.6 Å². The summed E-state index contributed by atoms with van der Waals surface area (Å²) in [4.78, 5) is 0. The lowest BCUT2D eigenvalue weighted by Crippen LogP contribution is -2.24. The molecule has 0 aromatic heterocycles. The standard InChI is InChI=1S/C8H15Cl2N/c1-3-8(10)6-11-5-7(2)4-9/h4,8,11H,3,5-6H2,1-2H3. The molecule has 0 aliphatic carbocycles. The molecule has 0 amide bonds. The van der Waals surface area contributed by atoms with Gasteiger partial charge >= 0.3 is 0 Å². The molecular weight excluding hydrogens is 181 g/mol. The predicted molar refractivity (Wildman–Crippen MR) is 52.4 cm³/mol. The second kappa shape index (κ2) is 6.96. The van der Waals surface area contributed by atoms with Gasteiger partial charge in [0.1, 0.15) is 0 Å². The third kappa shape index (κ3) is 6.67. The monoisotopic (exact) mass is 195 g/mol. The van der Waals surface area contributed by atoms with Crippen LogP contribution in [0, 0.1) is 0 Å². The molecule has 0 heterocycles. The Morgan fingerprint density at radius 2 is 2.27 bits per heavy atom. The quantitative estimate of drug-likeness (QED) is 0.666. The normalized spacial score (nSPS) is 15.1. The zero-order chi connectivity index (χ0) is 8.69. The molecule has 0 aliphatic heterocycles. The lowest BCUT2D eigenvalue weighted by atomic mass is 10.3. The molecule has 0 bridgehead atoms. The minimum atomic E-state index is 0.234. The Balaban J connectivity index is 3.27. The fraction of sp³-hybridized carbons (Fsp3) is 0.750. The van der Waals surface area contributed by atoms with Crippen molar-refractivity contribution < 1.29 is 0 Å². The molecule has 1 atom stereocenters. The predicted octanol–water partition coefficient (Wildman–Crippen LogP) is 2.74. The molecule has 0 aromatic carbocycles. The van der Waals surface area contributed by atoms with E-state index < -0.39 is 0 Å². The van der Waals surface area contributed by atoms with Gasteiger partial charge in [0, 0.05) is 24.0 Å². The first-order valence-electron chi connectivity index (χ1n) is 3.81. The van der Waals surface area contributed by atoms with Crippen LogP contribution < -0.4 is 5.32 Å². The number of nitrogens with one attached hydrogen (secondary N) is 1. The van der Waals surface area contributed by atoms with Gasteiger partial charge < -0.3 is 5.32 Å². The van der Waals surface area contributed by atoms with Crippen molar-refractivity contribution in [3.63, 3.8) is 0 Å². The fourth-order valence-corrected chi connectivity index (χ4v) is 0.795. The fourth-order valence-electron chi connectivity index (χ4n) is 0.609. The molecular formula is C8H15Cl2N. The Hall–Kier alpha value is 0.280. The van der Waals surface area contributed by atoms with Gasteiger partial charge in [0.25, 0.3) is 0 Å². The van der Waals surface area contributed by atoms with Gasteiger partial charge in [0.05, 0.1) is 0 Å². The molecule has 0 radical (unpaired) electrons. The van der Waals surface area contributed by atoms with Crippen LogP contribution in [0.3, 0.4) is 0 Å². The highest BCUT2D eigenvalue weighted by molar-refractivity contribution is 6.25. The van der Waals surface area contributed by atoms with Crippen molar-refractivity contribution in [1.29, 1.82) is 0 Å². The summed E-state index contributed by atoms with van der Waals surface area (Å²) in [5, 5.41) is 3.44. The lowest BCUT2D eigenvalue weighted by molar-refractivity contribution is 0.678. The van der Waals surface area contributed by atoms with E-state index >= 15 is 0 Å². The number of rotatable bonds is 5. The van der Waals surface area contributed by atoms with Gasteiger partial charge in [-0.1, -0.05) is 18.5 Å². The topological polar surface area (TPSA) is 12.0 Å². The summed E-state index contributed by atoms with van der Waals surface area (Å²) in [6.07, 6.45) is 0.998. The van der Waals surface area contributed by atoms with Crippen LogP contribution in [-0.2, 0) is 0 Å². The Morgan fingerprint density at radius 1 is 1.64 bits per heavy atom. The first-order valence-corrected chi connectivity index (χ1v) is 4.68. The Morgan fingerprint density at radius 3 is 2.73 bits per heavy atom. The van der Waals surface area contributed by atoms with Gasteiger partial charge in [-0.2, -0.15) is 0 Å². The van der Waals surface area contributed by atoms with Crippen molar-refractivity contribution in [1.82, 2.24) is 5.32 Å². The van der Waals surface area contributed by atoms with Crippen LogP contribution in [0.2, 0.25) is 0 Å². The molecule has 0 fully saturated rings. The zero-order valence-electron chi connectivity index (χ0n) is 7.03. The minimum absolute atomic E-state index is 0.234. The van der Waals surface area contributed by atoms with Crippen LogP contribution in [0.1, 0.15) is 20.3 Å². The summed E-state index contributed by atoms with van der Waals surface area (Å²) in [6.45, 7) is 5.73. The molecule has 0 spiro atoms. The molecule has 1 N–H and O–H groups in total. The van der Waals surface area contributed by atoms with Gasteiger partial charge in [-0.3, -0.25) is 0 Å². The van der Waals surface area contributed by atoms with Gasteiger partial charge in [-0.05, 0) is 18.9 Å². The van der Waals surface area contributed by atoms with E-state index in [1.807, 2.05) is 6.92 Å². The first kappa shape index (κ1) is 11.3. The highest BCUT2D eigenvalue weighted by Gasteiger charge is 1.98. The molecule has 0 aromatic rings. The van der Waals surface area contributed by atoms with E-state index in [0.717, 1.165) is 25.1 Å². The molecule has 0 rings (SSSR count). The Kier molecular flexibility index (Phi) is 7.13. The van der Waals surface area contributed by atoms with Crippen molar-refractivity contribution in [3.8, 4) is 0 Å². The van der Waals surface area contributed by atoms with Gasteiger partial charge in [-0.25, -0.2) is 0 Å². The number of halogens is 2. The van der Waals surface area contributed by atoms with E-state index in [2.05, 4.69) is 12.2 Å². The Labute approximate surface area is 78.8 Å². The maximum atomic E-state index is 5.88. The summed E-state index contributed by atoms with van der Waals surface area (Å²) in [6, 6.07) is 0. The Bertz CT molecular complexity index is 123. The van der Waals surface area contributed by atoms with E-state index in [-0.39, 0.29) is 5.38 Å². The van der Waals surface area contributed by atoms with E-state index in [4.69, 9.17) is 23.2 Å². The number of alkyl halides is 1. The molecule has 0 aliphatic rings. The summed E-state index contributed by atoms with van der Waals surface area (Å²) in [5.41, 5.74) is 2.72. The average molecular weight is 196 g/mol. The van der Waals surface area contributed by atoms with Crippen molar-refractivity contribution >= 4 is 23.2 Å². The summed E-state index contributed by atoms with van der Waals surface area (Å²) in [5.74, 6) is 0. The average Bonchev–Trinajstić information content (AvgIpc) is 2.04. The van der Waals surface area contributed by atoms with Crippen LogP contribution in [0.25, 0.3) is 0 Å². The van der Waals surface area contributed by atoms with E-state index in [0.29, 0.717) is 0 Å². The highest BCUT2D eigenvalue weighted by atomic mass is 35.5. The van der Waals surface area contributed by atoms with E-state index in [9.17, 15) is 0 Å². The molecule has 11 heavy (non-hydrogen) atoms. The van der Waals surface area contributed by atoms with E-state index in [1.54, 1.807) is 5.54 Å². The van der Waals surface area contributed by atoms with Crippen LogP contribution in [0.5, 0.6) is 0 Å². The summed E-state index contributed by atoms with van der Waals surface area (Å²) >= 11 is 11.3. The van der Waals surface area contributed by atoms with Gasteiger partial charge in [0.15, 0.2) is 0 Å². The van der Waals surface area contributed by atoms with Crippen LogP contribution >= 0.6 is 23.2 Å². The summed E-state index contributed by atoms with van der Waals surface area (Å²) in [7, 11) is 0. The van der Waals surface area contributed by atoms with Crippen molar-refractivity contribution in [2.24, 2.45) is 0 Å². The van der Waals surface area contributed by atoms with Crippen molar-refractivity contribution in [3.05, 3.63) is 11.1 Å². The second-order valence-corrected chi connectivity index (χ2v) is 3.43. The SMILES string of the molecule is CCC(Cl)CNCC(C)=CCl. The van der Waals surface area contributed by atoms with Crippen LogP contribution in [-0.4, -0.2) is 18.5 Å². The third-order valence-electron chi connectivity index (χ3n) is 1.40. The van der Waals surface area contributed by atoms with Crippen LogP contribution in [0.15, 0.2) is 11.1 Å². The van der Waals surface area contributed by atoms with Crippen LogP contribution in [0.4, 0.5) is 0 Å². The van der Waals surface area contributed by atoms with Gasteiger partial charge in [0.2, 0.25) is 0 Å². The molecule has 1 nitrogen and oxygen atoms in total. The highest BCUT2D eigenvalue weighted by Crippen LogP contribution is 1.99. The maximum Gasteiger partial charge on any atom is 0.0458 e. The van der Waals surface area contributed by atoms with Crippen molar-refractivity contribution in [2.75, 3.05) is 13.1 Å². The maximum absolute atomic E-state index is 5.88. The molecule has 66 valence electrons. The molecule has 1 unspecified atom stereocenters. The van der Waals surface area contributed by atoms with E-state index in [1.165, 1.54) is 0 Å². The number of hydrogen-bond acceptors (Lipinski definition) is 1. The number of hydrogen-bond donors (Lipinski definition) is 1. The lowest BCUT2D eigenvalue weighted by Gasteiger charge is -2.07. The first-order chi connectivity index (χ1) is 5.20. The minimum Gasteiger partial charge on any atom is -0.312 e. The summed E-state index contributed by atoms with van der Waals surface area (Å²) < 4.78 is 0. The largest absolute Gasteiger partial charge is 0.312 e. The molecule has 0 saturated heterocycles. The molecule has 0 saturated carbocycles. The zero-order valence-corrected chi connectivity index (χ0v) is 8.54. The smallest absolute Gasteiger partial charge is 0.0458 e. The van der Waals surface area contributed by atoms with Crippen molar-refractivity contribution in [2.45, 2.75) is 25.6 Å².